The Kier molecular flexibility index (Phi) is 3.27. The number of hydrogen-bond acceptors (Lipinski definition) is 7. The second kappa shape index (κ2) is 5.06. The Labute approximate surface area is 92.3 Å². The number of anilines is 2. The van der Waals surface area contributed by atoms with Crippen LogP contribution in [0, 0.1) is 0 Å². The van der Waals surface area contributed by atoms with E-state index in [0.717, 1.165) is 12.4 Å². The van der Waals surface area contributed by atoms with Gasteiger partial charge in [0.25, 0.3) is 0 Å². The molecule has 84 valence electrons. The summed E-state index contributed by atoms with van der Waals surface area (Å²) >= 11 is 0. The van der Waals surface area contributed by atoms with Crippen molar-refractivity contribution in [3.63, 3.8) is 0 Å². The molecular formula is C9H12N6O. The molecule has 0 saturated heterocycles. The van der Waals surface area contributed by atoms with Gasteiger partial charge in [0.15, 0.2) is 5.82 Å². The Balaban J connectivity index is 1.96. The van der Waals surface area contributed by atoms with E-state index >= 15 is 0 Å². The summed E-state index contributed by atoms with van der Waals surface area (Å²) in [7, 11) is 0. The van der Waals surface area contributed by atoms with E-state index in [0.29, 0.717) is 18.3 Å². The van der Waals surface area contributed by atoms with E-state index in [4.69, 9.17) is 0 Å². The van der Waals surface area contributed by atoms with Crippen LogP contribution in [0.2, 0.25) is 0 Å². The number of nitrogens with zero attached hydrogens (tertiary/aromatic N) is 4. The molecular weight excluding hydrogens is 208 g/mol. The summed E-state index contributed by atoms with van der Waals surface area (Å²) in [5.41, 5.74) is 0. The minimum atomic E-state index is 0.471. The molecule has 0 spiro atoms. The molecule has 7 nitrogen and oxygen atoms in total. The topological polar surface area (TPSA) is 88.8 Å². The van der Waals surface area contributed by atoms with Gasteiger partial charge in [-0.2, -0.15) is 9.97 Å². The van der Waals surface area contributed by atoms with Crippen molar-refractivity contribution in [3.05, 3.63) is 24.5 Å². The summed E-state index contributed by atoms with van der Waals surface area (Å²) < 4.78 is 4.62. The lowest BCUT2D eigenvalue weighted by atomic mass is 10.5. The molecule has 0 bridgehead atoms. The van der Waals surface area contributed by atoms with Crippen molar-refractivity contribution in [1.29, 1.82) is 0 Å². The summed E-state index contributed by atoms with van der Waals surface area (Å²) in [6.45, 7) is 3.25. The van der Waals surface area contributed by atoms with Crippen molar-refractivity contribution >= 4 is 11.8 Å². The second-order valence-electron chi connectivity index (χ2n) is 3.00. The summed E-state index contributed by atoms with van der Waals surface area (Å²) in [5.74, 6) is 1.90. The quantitative estimate of drug-likeness (QED) is 0.773. The second-order valence-corrected chi connectivity index (χ2v) is 3.00. The molecule has 0 amide bonds. The van der Waals surface area contributed by atoms with Gasteiger partial charge in [-0.3, -0.25) is 0 Å². The predicted octanol–water partition coefficient (Wildman–Crippen LogP) is 0.903. The third-order valence-corrected chi connectivity index (χ3v) is 1.83. The van der Waals surface area contributed by atoms with Gasteiger partial charge in [0.05, 0.1) is 6.54 Å². The van der Waals surface area contributed by atoms with Crippen LogP contribution in [0.4, 0.5) is 11.8 Å². The standard InChI is InChI=1S/C9H12N6O/c1-2-10-9-11-4-3-7(14-9)12-5-8-13-6-16-15-8/h3-4,6H,2,5H2,1H3,(H2,10,11,12,14). The van der Waals surface area contributed by atoms with Crippen LogP contribution < -0.4 is 10.6 Å². The highest BCUT2D eigenvalue weighted by atomic mass is 16.5. The number of rotatable bonds is 5. The van der Waals surface area contributed by atoms with Crippen LogP contribution in [0.25, 0.3) is 0 Å². The molecule has 0 fully saturated rings. The third kappa shape index (κ3) is 2.66. The highest BCUT2D eigenvalue weighted by molar-refractivity contribution is 5.39. The van der Waals surface area contributed by atoms with E-state index in [-0.39, 0.29) is 0 Å². The molecule has 0 saturated carbocycles. The molecule has 0 unspecified atom stereocenters. The van der Waals surface area contributed by atoms with Crippen molar-refractivity contribution in [2.24, 2.45) is 0 Å². The SMILES string of the molecule is CCNc1nccc(NCc2ncon2)n1. The molecule has 2 rings (SSSR count). The Bertz CT molecular complexity index is 429. The van der Waals surface area contributed by atoms with Gasteiger partial charge in [0, 0.05) is 12.7 Å². The molecule has 2 aromatic heterocycles. The van der Waals surface area contributed by atoms with E-state index in [1.54, 1.807) is 12.3 Å². The average Bonchev–Trinajstić information content (AvgIpc) is 2.80. The van der Waals surface area contributed by atoms with E-state index in [9.17, 15) is 0 Å². The number of nitrogens with one attached hydrogen (secondary N) is 2. The molecule has 2 N–H and O–H groups in total. The summed E-state index contributed by atoms with van der Waals surface area (Å²) in [5, 5.41) is 9.78. The zero-order valence-corrected chi connectivity index (χ0v) is 8.84. The van der Waals surface area contributed by atoms with Gasteiger partial charge in [0.1, 0.15) is 5.82 Å². The smallest absolute Gasteiger partial charge is 0.224 e. The highest BCUT2D eigenvalue weighted by Gasteiger charge is 2.00. The Morgan fingerprint density at radius 1 is 1.31 bits per heavy atom. The van der Waals surface area contributed by atoms with E-state index in [1.807, 2.05) is 6.92 Å². The fraction of sp³-hybridized carbons (Fsp3) is 0.333. The minimum absolute atomic E-state index is 0.471. The maximum absolute atomic E-state index is 4.62. The first-order valence-corrected chi connectivity index (χ1v) is 4.94. The van der Waals surface area contributed by atoms with Crippen molar-refractivity contribution < 1.29 is 4.52 Å². The summed E-state index contributed by atoms with van der Waals surface area (Å²) in [6, 6.07) is 1.78. The molecule has 0 atom stereocenters. The molecule has 0 aliphatic heterocycles. The Morgan fingerprint density at radius 3 is 3.00 bits per heavy atom. The zero-order chi connectivity index (χ0) is 11.2. The summed E-state index contributed by atoms with van der Waals surface area (Å²) in [6.07, 6.45) is 2.98. The molecule has 2 aromatic rings. The van der Waals surface area contributed by atoms with Crippen LogP contribution in [0.5, 0.6) is 0 Å². The summed E-state index contributed by atoms with van der Waals surface area (Å²) in [4.78, 5) is 12.2. The molecule has 0 aliphatic rings. The maximum Gasteiger partial charge on any atom is 0.224 e. The van der Waals surface area contributed by atoms with Gasteiger partial charge >= 0.3 is 0 Å². The van der Waals surface area contributed by atoms with Crippen molar-refractivity contribution in [3.8, 4) is 0 Å². The first-order valence-electron chi connectivity index (χ1n) is 4.94. The van der Waals surface area contributed by atoms with Gasteiger partial charge in [0.2, 0.25) is 12.3 Å². The predicted molar refractivity (Wildman–Crippen MR) is 57.8 cm³/mol. The largest absolute Gasteiger partial charge is 0.362 e. The molecule has 2 heterocycles. The van der Waals surface area contributed by atoms with Gasteiger partial charge in [-0.05, 0) is 13.0 Å². The number of aromatic nitrogens is 4. The van der Waals surface area contributed by atoms with Crippen LogP contribution >= 0.6 is 0 Å². The molecule has 0 radical (unpaired) electrons. The third-order valence-electron chi connectivity index (χ3n) is 1.83. The van der Waals surface area contributed by atoms with Gasteiger partial charge in [-0.25, -0.2) is 4.98 Å². The normalized spacial score (nSPS) is 10.1. The van der Waals surface area contributed by atoms with Crippen molar-refractivity contribution in [1.82, 2.24) is 20.1 Å². The van der Waals surface area contributed by atoms with Crippen molar-refractivity contribution in [2.45, 2.75) is 13.5 Å². The lowest BCUT2D eigenvalue weighted by Gasteiger charge is -2.05. The molecule has 0 aliphatic carbocycles. The van der Waals surface area contributed by atoms with Crippen molar-refractivity contribution in [2.75, 3.05) is 17.2 Å². The van der Waals surface area contributed by atoms with Gasteiger partial charge in [-0.15, -0.1) is 0 Å². The monoisotopic (exact) mass is 220 g/mol. The first-order chi connectivity index (χ1) is 7.88. The maximum atomic E-state index is 4.62. The fourth-order valence-electron chi connectivity index (χ4n) is 1.14. The van der Waals surface area contributed by atoms with Crippen LogP contribution in [-0.4, -0.2) is 26.7 Å². The Morgan fingerprint density at radius 2 is 2.25 bits per heavy atom. The fourth-order valence-corrected chi connectivity index (χ4v) is 1.14. The lowest BCUT2D eigenvalue weighted by molar-refractivity contribution is 0.411. The first kappa shape index (κ1) is 10.3. The van der Waals surface area contributed by atoms with E-state index in [1.165, 1.54) is 6.39 Å². The Hall–Kier alpha value is -2.18. The highest BCUT2D eigenvalue weighted by Crippen LogP contribution is 2.06. The van der Waals surface area contributed by atoms with Crippen LogP contribution in [0.15, 0.2) is 23.2 Å². The van der Waals surface area contributed by atoms with Gasteiger partial charge in [-0.1, -0.05) is 5.16 Å². The van der Waals surface area contributed by atoms with E-state index < -0.39 is 0 Å². The molecule has 7 heteroatoms. The van der Waals surface area contributed by atoms with E-state index in [2.05, 4.69) is 35.3 Å². The van der Waals surface area contributed by atoms with Crippen LogP contribution in [0.3, 0.4) is 0 Å². The van der Waals surface area contributed by atoms with Crippen LogP contribution in [0.1, 0.15) is 12.7 Å². The average molecular weight is 220 g/mol. The minimum Gasteiger partial charge on any atom is -0.362 e. The van der Waals surface area contributed by atoms with Gasteiger partial charge < -0.3 is 15.2 Å². The molecule has 16 heavy (non-hydrogen) atoms. The lowest BCUT2D eigenvalue weighted by Crippen LogP contribution is -2.06. The number of hydrogen-bond donors (Lipinski definition) is 2. The zero-order valence-electron chi connectivity index (χ0n) is 8.84. The molecule has 0 aromatic carbocycles. The van der Waals surface area contributed by atoms with Crippen LogP contribution in [-0.2, 0) is 6.54 Å².